The minimum atomic E-state index is 0.622. The molecule has 0 saturated carbocycles. The Hall–Kier alpha value is 0.920. The predicted octanol–water partition coefficient (Wildman–Crippen LogP) is 4.25. The maximum atomic E-state index is 3.53. The molecule has 0 spiro atoms. The van der Waals surface area contributed by atoms with Crippen LogP contribution in [0.3, 0.4) is 0 Å². The summed E-state index contributed by atoms with van der Waals surface area (Å²) in [5.74, 6) is 1.27. The molecule has 0 radical (unpaired) electrons. The Labute approximate surface area is 98.9 Å². The molecule has 0 N–H and O–H groups in total. The monoisotopic (exact) mass is 356 g/mol. The van der Waals surface area contributed by atoms with Crippen LogP contribution in [0.1, 0.15) is 6.92 Å². The number of halogens is 3. The number of rotatable bonds is 2. The van der Waals surface area contributed by atoms with Crippen molar-refractivity contribution < 1.29 is 0 Å². The molecule has 3 heteroatoms. The molecule has 2 unspecified atom stereocenters. The van der Waals surface area contributed by atoms with Crippen LogP contribution in [-0.4, -0.2) is 10.7 Å². The van der Waals surface area contributed by atoms with Crippen molar-refractivity contribution in [1.82, 2.24) is 0 Å². The van der Waals surface area contributed by atoms with Crippen molar-refractivity contribution in [3.8, 4) is 0 Å². The third-order valence-electron chi connectivity index (χ3n) is 2.26. The SMILES string of the molecule is CC1C(CBr)=CC(Br)=CC1CBr. The minimum Gasteiger partial charge on any atom is -0.0921 e. The van der Waals surface area contributed by atoms with Gasteiger partial charge in [-0.2, -0.15) is 0 Å². The quantitative estimate of drug-likeness (QED) is 0.647. The molecule has 1 aliphatic rings. The summed E-state index contributed by atoms with van der Waals surface area (Å²) in [5, 5.41) is 2.01. The normalized spacial score (nSPS) is 29.7. The summed E-state index contributed by atoms with van der Waals surface area (Å²) in [5.41, 5.74) is 1.47. The van der Waals surface area contributed by atoms with Crippen molar-refractivity contribution >= 4 is 47.8 Å². The first-order chi connectivity index (χ1) is 5.69. The molecule has 0 aromatic heterocycles. The fourth-order valence-electron chi connectivity index (χ4n) is 1.32. The standard InChI is InChI=1S/C9H11Br3/c1-6-7(4-10)2-9(12)3-8(6)5-11/h2-3,6-7H,4-5H2,1H3. The molecule has 1 rings (SSSR count). The second-order valence-electron chi connectivity index (χ2n) is 3.01. The second kappa shape index (κ2) is 4.97. The van der Waals surface area contributed by atoms with Gasteiger partial charge < -0.3 is 0 Å². The Kier molecular flexibility index (Phi) is 4.55. The molecule has 0 aromatic rings. The van der Waals surface area contributed by atoms with Crippen molar-refractivity contribution in [2.24, 2.45) is 11.8 Å². The molecule has 68 valence electrons. The summed E-state index contributed by atoms with van der Waals surface area (Å²) in [7, 11) is 0. The highest BCUT2D eigenvalue weighted by Gasteiger charge is 2.21. The van der Waals surface area contributed by atoms with Crippen molar-refractivity contribution in [2.45, 2.75) is 6.92 Å². The van der Waals surface area contributed by atoms with Gasteiger partial charge in [0.2, 0.25) is 0 Å². The van der Waals surface area contributed by atoms with Crippen LogP contribution in [0.5, 0.6) is 0 Å². The van der Waals surface area contributed by atoms with Gasteiger partial charge >= 0.3 is 0 Å². The van der Waals surface area contributed by atoms with Gasteiger partial charge in [0, 0.05) is 15.1 Å². The molecular formula is C9H11Br3. The summed E-state index contributed by atoms with van der Waals surface area (Å²) < 4.78 is 1.21. The molecule has 0 amide bonds. The van der Waals surface area contributed by atoms with Crippen LogP contribution in [0, 0.1) is 11.8 Å². The van der Waals surface area contributed by atoms with Crippen molar-refractivity contribution in [3.05, 3.63) is 22.2 Å². The molecule has 0 nitrogen and oxygen atoms in total. The van der Waals surface area contributed by atoms with E-state index in [9.17, 15) is 0 Å². The van der Waals surface area contributed by atoms with Gasteiger partial charge in [0.1, 0.15) is 0 Å². The third kappa shape index (κ3) is 2.46. The lowest BCUT2D eigenvalue weighted by Gasteiger charge is -2.25. The van der Waals surface area contributed by atoms with Gasteiger partial charge in [0.25, 0.3) is 0 Å². The van der Waals surface area contributed by atoms with E-state index < -0.39 is 0 Å². The van der Waals surface area contributed by atoms with Crippen LogP contribution in [0.15, 0.2) is 22.2 Å². The van der Waals surface area contributed by atoms with Gasteiger partial charge in [-0.3, -0.25) is 0 Å². The molecule has 0 aromatic carbocycles. The van der Waals surface area contributed by atoms with Crippen molar-refractivity contribution in [3.63, 3.8) is 0 Å². The molecule has 0 saturated heterocycles. The number of allylic oxidation sites excluding steroid dienone is 4. The van der Waals surface area contributed by atoms with Gasteiger partial charge in [-0.25, -0.2) is 0 Å². The van der Waals surface area contributed by atoms with Crippen LogP contribution >= 0.6 is 47.8 Å². The van der Waals surface area contributed by atoms with E-state index in [4.69, 9.17) is 0 Å². The molecular weight excluding hydrogens is 348 g/mol. The van der Waals surface area contributed by atoms with Crippen molar-refractivity contribution in [2.75, 3.05) is 10.7 Å². The lowest BCUT2D eigenvalue weighted by molar-refractivity contribution is 0.534. The average Bonchev–Trinajstić information content (AvgIpc) is 2.08. The number of alkyl halides is 2. The Bertz CT molecular complexity index is 218. The molecule has 0 heterocycles. The van der Waals surface area contributed by atoms with E-state index in [0.717, 1.165) is 10.7 Å². The van der Waals surface area contributed by atoms with Crippen LogP contribution in [0.4, 0.5) is 0 Å². The molecule has 0 fully saturated rings. The zero-order valence-corrected chi connectivity index (χ0v) is 11.6. The zero-order valence-electron chi connectivity index (χ0n) is 6.86. The van der Waals surface area contributed by atoms with Gasteiger partial charge in [0.05, 0.1) is 0 Å². The predicted molar refractivity (Wildman–Crippen MR) is 65.3 cm³/mol. The first kappa shape index (κ1) is 11.0. The highest BCUT2D eigenvalue weighted by atomic mass is 79.9. The van der Waals surface area contributed by atoms with E-state index in [1.165, 1.54) is 10.1 Å². The van der Waals surface area contributed by atoms with Gasteiger partial charge in [0.15, 0.2) is 0 Å². The smallest absolute Gasteiger partial charge is 0.0248 e. The molecule has 0 aliphatic heterocycles. The van der Waals surface area contributed by atoms with E-state index in [1.807, 2.05) is 0 Å². The highest BCUT2D eigenvalue weighted by Crippen LogP contribution is 2.32. The minimum absolute atomic E-state index is 0.622. The largest absolute Gasteiger partial charge is 0.0921 e. The number of hydrogen-bond acceptors (Lipinski definition) is 0. The Morgan fingerprint density at radius 2 is 2.08 bits per heavy atom. The summed E-state index contributed by atoms with van der Waals surface area (Å²) in [6, 6.07) is 0. The summed E-state index contributed by atoms with van der Waals surface area (Å²) >= 11 is 10.6. The molecule has 12 heavy (non-hydrogen) atoms. The van der Waals surface area contributed by atoms with Crippen LogP contribution < -0.4 is 0 Å². The van der Waals surface area contributed by atoms with Gasteiger partial charge in [-0.05, 0) is 17.9 Å². The second-order valence-corrected chi connectivity index (χ2v) is 5.14. The maximum Gasteiger partial charge on any atom is 0.0248 e. The Morgan fingerprint density at radius 1 is 1.42 bits per heavy atom. The van der Waals surface area contributed by atoms with Gasteiger partial charge in [-0.15, -0.1) is 0 Å². The lowest BCUT2D eigenvalue weighted by Crippen LogP contribution is -2.17. The fraction of sp³-hybridized carbons (Fsp3) is 0.556. The fourth-order valence-corrected chi connectivity index (χ4v) is 3.37. The Morgan fingerprint density at radius 3 is 2.58 bits per heavy atom. The van der Waals surface area contributed by atoms with E-state index in [2.05, 4.69) is 66.9 Å². The van der Waals surface area contributed by atoms with E-state index in [0.29, 0.717) is 11.8 Å². The Balaban J connectivity index is 2.83. The maximum absolute atomic E-state index is 3.53. The highest BCUT2D eigenvalue weighted by molar-refractivity contribution is 9.12. The van der Waals surface area contributed by atoms with Crippen LogP contribution in [0.25, 0.3) is 0 Å². The van der Waals surface area contributed by atoms with Gasteiger partial charge in [-0.1, -0.05) is 66.4 Å². The molecule has 1 aliphatic carbocycles. The topological polar surface area (TPSA) is 0 Å². The summed E-state index contributed by atoms with van der Waals surface area (Å²) in [4.78, 5) is 0. The first-order valence-corrected chi connectivity index (χ1v) is 6.92. The van der Waals surface area contributed by atoms with E-state index in [-0.39, 0.29) is 0 Å². The van der Waals surface area contributed by atoms with Crippen molar-refractivity contribution in [1.29, 1.82) is 0 Å². The molecule has 2 atom stereocenters. The zero-order chi connectivity index (χ0) is 9.14. The summed E-state index contributed by atoms with van der Waals surface area (Å²) in [6.07, 6.45) is 4.48. The number of hydrogen-bond donors (Lipinski definition) is 0. The lowest BCUT2D eigenvalue weighted by atomic mass is 9.86. The third-order valence-corrected chi connectivity index (χ3v) is 4.14. The van der Waals surface area contributed by atoms with Crippen LogP contribution in [0.2, 0.25) is 0 Å². The average molecular weight is 359 g/mol. The summed E-state index contributed by atoms with van der Waals surface area (Å²) in [6.45, 7) is 2.27. The first-order valence-electron chi connectivity index (χ1n) is 3.88. The van der Waals surface area contributed by atoms with E-state index >= 15 is 0 Å². The van der Waals surface area contributed by atoms with Crippen LogP contribution in [-0.2, 0) is 0 Å². The van der Waals surface area contributed by atoms with E-state index in [1.54, 1.807) is 0 Å². The molecule has 0 bridgehead atoms.